The summed E-state index contributed by atoms with van der Waals surface area (Å²) in [5.74, 6) is 0.650. The first-order valence-corrected chi connectivity index (χ1v) is 7.50. The van der Waals surface area contributed by atoms with Gasteiger partial charge in [-0.05, 0) is 42.9 Å². The molecular formula is C17H29NO. The average molecular weight is 263 g/mol. The van der Waals surface area contributed by atoms with E-state index in [2.05, 4.69) is 51.7 Å². The second-order valence-electron chi connectivity index (χ2n) is 5.80. The summed E-state index contributed by atoms with van der Waals surface area (Å²) in [5.41, 5.74) is 3.58. The van der Waals surface area contributed by atoms with Crippen molar-refractivity contribution in [3.05, 3.63) is 29.3 Å². The van der Waals surface area contributed by atoms with Gasteiger partial charge in [-0.3, -0.25) is 0 Å². The highest BCUT2D eigenvalue weighted by Crippen LogP contribution is 2.26. The fourth-order valence-electron chi connectivity index (χ4n) is 2.71. The molecule has 0 spiro atoms. The van der Waals surface area contributed by atoms with Crippen LogP contribution >= 0.6 is 0 Å². The Hall–Kier alpha value is -1.02. The molecule has 2 heteroatoms. The normalized spacial score (nSPS) is 11.4. The van der Waals surface area contributed by atoms with Gasteiger partial charge in [-0.1, -0.05) is 39.8 Å². The van der Waals surface area contributed by atoms with E-state index in [0.717, 1.165) is 12.1 Å². The Bertz CT molecular complexity index is 383. The van der Waals surface area contributed by atoms with Gasteiger partial charge in [-0.2, -0.15) is 0 Å². The number of anilines is 1. The predicted octanol–water partition coefficient (Wildman–Crippen LogP) is 4.14. The highest BCUT2D eigenvalue weighted by molar-refractivity contribution is 5.55. The van der Waals surface area contributed by atoms with Crippen LogP contribution in [0, 0.1) is 12.8 Å². The molecule has 0 aliphatic heterocycles. The molecule has 0 aromatic heterocycles. The van der Waals surface area contributed by atoms with Crippen molar-refractivity contribution < 1.29 is 5.11 Å². The van der Waals surface area contributed by atoms with Crippen molar-refractivity contribution in [1.82, 2.24) is 0 Å². The highest BCUT2D eigenvalue weighted by atomic mass is 16.3. The number of nitrogens with zero attached hydrogens (tertiary/aromatic N) is 1. The smallest absolute Gasteiger partial charge is 0.0681 e. The third kappa shape index (κ3) is 4.24. The third-order valence-corrected chi connectivity index (χ3v) is 3.70. The molecule has 0 aliphatic carbocycles. The maximum Gasteiger partial charge on any atom is 0.0681 e. The Labute approximate surface area is 118 Å². The van der Waals surface area contributed by atoms with E-state index in [1.54, 1.807) is 0 Å². The second-order valence-corrected chi connectivity index (χ2v) is 5.80. The Kier molecular flexibility index (Phi) is 6.36. The molecule has 0 saturated carbocycles. The number of aliphatic hydroxyl groups is 1. The molecule has 0 saturated heterocycles. The fraction of sp³-hybridized carbons (Fsp3) is 0.647. The van der Waals surface area contributed by atoms with E-state index >= 15 is 0 Å². The van der Waals surface area contributed by atoms with Crippen LogP contribution in [0.3, 0.4) is 0 Å². The Morgan fingerprint density at radius 2 is 1.79 bits per heavy atom. The molecule has 2 nitrogen and oxygen atoms in total. The lowest BCUT2D eigenvalue weighted by molar-refractivity contribution is 0.282. The van der Waals surface area contributed by atoms with Crippen LogP contribution in [-0.4, -0.2) is 17.7 Å². The van der Waals surface area contributed by atoms with E-state index in [0.29, 0.717) is 12.0 Å². The summed E-state index contributed by atoms with van der Waals surface area (Å²) in [7, 11) is 0. The summed E-state index contributed by atoms with van der Waals surface area (Å²) in [6.07, 6.45) is 2.34. The molecule has 19 heavy (non-hydrogen) atoms. The Morgan fingerprint density at radius 3 is 2.21 bits per heavy atom. The summed E-state index contributed by atoms with van der Waals surface area (Å²) in [6, 6.07) is 6.91. The van der Waals surface area contributed by atoms with Crippen molar-refractivity contribution in [2.75, 3.05) is 11.4 Å². The molecule has 1 aromatic carbocycles. The molecule has 1 N–H and O–H groups in total. The standard InChI is InChI=1S/C17H29NO/c1-6-16(7-2)18(11-13(3)4)17-9-8-15(12-19)10-14(17)5/h8-10,13,16,19H,6-7,11-12H2,1-5H3. The lowest BCUT2D eigenvalue weighted by Gasteiger charge is -2.35. The first-order valence-electron chi connectivity index (χ1n) is 7.50. The maximum atomic E-state index is 9.22. The van der Waals surface area contributed by atoms with Gasteiger partial charge in [-0.25, -0.2) is 0 Å². The monoisotopic (exact) mass is 263 g/mol. The average Bonchev–Trinajstić information content (AvgIpc) is 2.38. The molecule has 0 fully saturated rings. The fourth-order valence-corrected chi connectivity index (χ4v) is 2.71. The summed E-state index contributed by atoms with van der Waals surface area (Å²) in [4.78, 5) is 2.54. The van der Waals surface area contributed by atoms with Crippen LogP contribution in [0.25, 0.3) is 0 Å². The van der Waals surface area contributed by atoms with Gasteiger partial charge in [0.2, 0.25) is 0 Å². The number of hydrogen-bond acceptors (Lipinski definition) is 2. The van der Waals surface area contributed by atoms with Crippen LogP contribution in [-0.2, 0) is 6.61 Å². The van der Waals surface area contributed by atoms with Gasteiger partial charge >= 0.3 is 0 Å². The summed E-state index contributed by atoms with van der Waals surface area (Å²) in [6.45, 7) is 12.4. The van der Waals surface area contributed by atoms with Crippen LogP contribution in [0.1, 0.15) is 51.7 Å². The number of rotatable bonds is 7. The molecule has 1 rings (SSSR count). The minimum absolute atomic E-state index is 0.121. The Balaban J connectivity index is 3.09. The van der Waals surface area contributed by atoms with Crippen LogP contribution in [0.2, 0.25) is 0 Å². The highest BCUT2D eigenvalue weighted by Gasteiger charge is 2.18. The predicted molar refractivity (Wildman–Crippen MR) is 83.7 cm³/mol. The Morgan fingerprint density at radius 1 is 1.16 bits per heavy atom. The van der Waals surface area contributed by atoms with Crippen molar-refractivity contribution in [2.24, 2.45) is 5.92 Å². The topological polar surface area (TPSA) is 23.5 Å². The van der Waals surface area contributed by atoms with Crippen molar-refractivity contribution in [3.8, 4) is 0 Å². The number of aliphatic hydroxyl groups excluding tert-OH is 1. The van der Waals surface area contributed by atoms with Gasteiger partial charge in [0.1, 0.15) is 0 Å². The molecule has 0 heterocycles. The number of hydrogen-bond donors (Lipinski definition) is 1. The minimum atomic E-state index is 0.121. The van der Waals surface area contributed by atoms with Crippen molar-refractivity contribution >= 4 is 5.69 Å². The molecule has 0 atom stereocenters. The summed E-state index contributed by atoms with van der Waals surface area (Å²) < 4.78 is 0. The zero-order valence-electron chi connectivity index (χ0n) is 13.1. The third-order valence-electron chi connectivity index (χ3n) is 3.70. The van der Waals surface area contributed by atoms with Crippen molar-refractivity contribution in [3.63, 3.8) is 0 Å². The van der Waals surface area contributed by atoms with Gasteiger partial charge in [0.15, 0.2) is 0 Å². The van der Waals surface area contributed by atoms with E-state index in [1.165, 1.54) is 24.1 Å². The van der Waals surface area contributed by atoms with Crippen LogP contribution in [0.4, 0.5) is 5.69 Å². The van der Waals surface area contributed by atoms with E-state index in [4.69, 9.17) is 0 Å². The zero-order chi connectivity index (χ0) is 14.4. The largest absolute Gasteiger partial charge is 0.392 e. The molecule has 0 radical (unpaired) electrons. The molecule has 1 aromatic rings. The lowest BCUT2D eigenvalue weighted by Crippen LogP contribution is -2.37. The molecule has 108 valence electrons. The molecule has 0 bridgehead atoms. The van der Waals surface area contributed by atoms with Crippen LogP contribution in [0.15, 0.2) is 18.2 Å². The van der Waals surface area contributed by atoms with Crippen LogP contribution < -0.4 is 4.90 Å². The number of aryl methyl sites for hydroxylation is 1. The molecular weight excluding hydrogens is 234 g/mol. The van der Waals surface area contributed by atoms with E-state index < -0.39 is 0 Å². The van der Waals surface area contributed by atoms with Gasteiger partial charge in [0.05, 0.1) is 6.61 Å². The first kappa shape index (κ1) is 16.0. The lowest BCUT2D eigenvalue weighted by atomic mass is 10.0. The van der Waals surface area contributed by atoms with E-state index in [-0.39, 0.29) is 6.61 Å². The zero-order valence-corrected chi connectivity index (χ0v) is 13.1. The summed E-state index contributed by atoms with van der Waals surface area (Å²) in [5, 5.41) is 9.22. The number of benzene rings is 1. The van der Waals surface area contributed by atoms with Crippen LogP contribution in [0.5, 0.6) is 0 Å². The molecule has 0 unspecified atom stereocenters. The minimum Gasteiger partial charge on any atom is -0.392 e. The van der Waals surface area contributed by atoms with Crippen molar-refractivity contribution in [1.29, 1.82) is 0 Å². The van der Waals surface area contributed by atoms with Gasteiger partial charge in [0.25, 0.3) is 0 Å². The SMILES string of the molecule is CCC(CC)N(CC(C)C)c1ccc(CO)cc1C. The molecule has 0 amide bonds. The van der Waals surface area contributed by atoms with Gasteiger partial charge in [0, 0.05) is 18.3 Å². The van der Waals surface area contributed by atoms with E-state index in [9.17, 15) is 5.11 Å². The van der Waals surface area contributed by atoms with E-state index in [1.807, 2.05) is 6.07 Å². The quantitative estimate of drug-likeness (QED) is 0.799. The summed E-state index contributed by atoms with van der Waals surface area (Å²) >= 11 is 0. The first-order chi connectivity index (χ1) is 9.03. The maximum absolute atomic E-state index is 9.22. The molecule has 0 aliphatic rings. The van der Waals surface area contributed by atoms with Gasteiger partial charge in [-0.15, -0.1) is 0 Å². The van der Waals surface area contributed by atoms with Gasteiger partial charge < -0.3 is 10.0 Å². The second kappa shape index (κ2) is 7.54. The van der Waals surface area contributed by atoms with Crippen molar-refractivity contribution in [2.45, 2.75) is 60.1 Å².